The Labute approximate surface area is 237 Å². The Morgan fingerprint density at radius 1 is 1.07 bits per heavy atom. The van der Waals surface area contributed by atoms with Gasteiger partial charge >= 0.3 is 0 Å². The Balaban J connectivity index is 1.15. The van der Waals surface area contributed by atoms with Crippen LogP contribution in [0.15, 0.2) is 18.3 Å². The third kappa shape index (κ3) is 5.35. The van der Waals surface area contributed by atoms with Gasteiger partial charge in [0.1, 0.15) is 11.9 Å². The minimum absolute atomic E-state index is 0.0357. The fraction of sp³-hybridized carbons (Fsp3) is 0.581. The number of anilines is 3. The summed E-state index contributed by atoms with van der Waals surface area (Å²) in [6.07, 6.45) is 5.95. The highest BCUT2D eigenvalue weighted by molar-refractivity contribution is 5.93. The van der Waals surface area contributed by atoms with Crippen molar-refractivity contribution < 1.29 is 14.3 Å². The summed E-state index contributed by atoms with van der Waals surface area (Å²) in [4.78, 5) is 28.8. The molecule has 0 bridgehead atoms. The summed E-state index contributed by atoms with van der Waals surface area (Å²) in [6, 6.07) is 4.82. The summed E-state index contributed by atoms with van der Waals surface area (Å²) in [5, 5.41) is 3.63. The smallest absolute Gasteiger partial charge is 0.298 e. The van der Waals surface area contributed by atoms with E-state index in [1.54, 1.807) is 6.92 Å². The molecule has 3 fully saturated rings. The van der Waals surface area contributed by atoms with E-state index < -0.39 is 0 Å². The summed E-state index contributed by atoms with van der Waals surface area (Å²) in [5.41, 5.74) is 5.25. The van der Waals surface area contributed by atoms with E-state index in [0.29, 0.717) is 12.0 Å². The number of aryl methyl sites for hydroxylation is 1. The van der Waals surface area contributed by atoms with Gasteiger partial charge in [0.25, 0.3) is 5.91 Å². The number of pyridine rings is 2. The zero-order valence-corrected chi connectivity index (χ0v) is 23.9. The van der Waals surface area contributed by atoms with Crippen molar-refractivity contribution in [3.63, 3.8) is 0 Å². The van der Waals surface area contributed by atoms with E-state index in [1.165, 1.54) is 0 Å². The molecule has 0 unspecified atom stereocenters. The minimum Gasteiger partial charge on any atom is -0.482 e. The molecule has 0 saturated carbocycles. The van der Waals surface area contributed by atoms with Crippen LogP contribution in [-0.4, -0.2) is 84.2 Å². The van der Waals surface area contributed by atoms with E-state index in [-0.39, 0.29) is 12.0 Å². The molecule has 9 heteroatoms. The van der Waals surface area contributed by atoms with Gasteiger partial charge in [-0.05, 0) is 77.6 Å². The third-order valence-electron chi connectivity index (χ3n) is 8.88. The molecule has 212 valence electrons. The Morgan fingerprint density at radius 3 is 2.55 bits per heavy atom. The lowest BCUT2D eigenvalue weighted by Crippen LogP contribution is -2.48. The van der Waals surface area contributed by atoms with Crippen LogP contribution in [0.3, 0.4) is 0 Å². The number of likely N-dealkylation sites (tertiary alicyclic amines) is 2. The lowest BCUT2D eigenvalue weighted by molar-refractivity contribution is -0.126. The highest BCUT2D eigenvalue weighted by atomic mass is 16.5. The van der Waals surface area contributed by atoms with Gasteiger partial charge in [0.15, 0.2) is 5.75 Å². The van der Waals surface area contributed by atoms with Crippen molar-refractivity contribution in [2.45, 2.75) is 64.5 Å². The van der Waals surface area contributed by atoms with E-state index >= 15 is 0 Å². The van der Waals surface area contributed by atoms with Crippen LogP contribution in [-0.2, 0) is 9.53 Å². The zero-order chi connectivity index (χ0) is 27.6. The molecule has 1 amide bonds. The van der Waals surface area contributed by atoms with E-state index in [9.17, 15) is 4.79 Å². The summed E-state index contributed by atoms with van der Waals surface area (Å²) in [6.45, 7) is 12.8. The fourth-order valence-electron chi connectivity index (χ4n) is 6.72. The number of nitrogens with zero attached hydrogens (tertiary/aromatic N) is 5. The van der Waals surface area contributed by atoms with Crippen LogP contribution < -0.4 is 15.0 Å². The SMILES string of the molecule is CC#CC(=O)N1CCC(N2CCC(c3cc4c(c(C)n3)O[C@H](C)c3c(N5CCOCC5)ccnc3N4)CC2)CC1. The van der Waals surface area contributed by atoms with Gasteiger partial charge in [-0.2, -0.15) is 0 Å². The van der Waals surface area contributed by atoms with E-state index in [2.05, 4.69) is 52.9 Å². The molecule has 2 aromatic rings. The monoisotopic (exact) mass is 544 g/mol. The molecule has 4 aliphatic heterocycles. The second-order valence-corrected chi connectivity index (χ2v) is 11.3. The first-order valence-electron chi connectivity index (χ1n) is 14.7. The van der Waals surface area contributed by atoms with Crippen molar-refractivity contribution in [1.82, 2.24) is 19.8 Å². The van der Waals surface area contributed by atoms with E-state index in [1.807, 2.05) is 11.1 Å². The number of nitrogens with one attached hydrogen (secondary N) is 1. The second kappa shape index (κ2) is 11.6. The van der Waals surface area contributed by atoms with Crippen LogP contribution in [0, 0.1) is 18.8 Å². The predicted octanol–water partition coefficient (Wildman–Crippen LogP) is 4.01. The number of hydrogen-bond acceptors (Lipinski definition) is 8. The highest BCUT2D eigenvalue weighted by Crippen LogP contribution is 2.44. The maximum atomic E-state index is 12.1. The largest absolute Gasteiger partial charge is 0.482 e. The molecule has 3 saturated heterocycles. The van der Waals surface area contributed by atoms with Crippen molar-refractivity contribution in [1.29, 1.82) is 0 Å². The molecule has 1 atom stereocenters. The number of hydrogen-bond donors (Lipinski definition) is 1. The van der Waals surface area contributed by atoms with Gasteiger partial charge in [-0.15, -0.1) is 0 Å². The van der Waals surface area contributed by atoms with Crippen LogP contribution in [0.5, 0.6) is 5.75 Å². The van der Waals surface area contributed by atoms with Crippen LogP contribution in [0.25, 0.3) is 0 Å². The molecule has 6 rings (SSSR count). The van der Waals surface area contributed by atoms with Crippen molar-refractivity contribution in [3.05, 3.63) is 35.3 Å². The molecular weight excluding hydrogens is 504 g/mol. The Kier molecular flexibility index (Phi) is 7.81. The molecule has 0 aliphatic carbocycles. The van der Waals surface area contributed by atoms with Crippen LogP contribution >= 0.6 is 0 Å². The molecule has 6 heterocycles. The van der Waals surface area contributed by atoms with Crippen molar-refractivity contribution >= 4 is 23.1 Å². The Morgan fingerprint density at radius 2 is 1.82 bits per heavy atom. The first kappa shape index (κ1) is 26.9. The molecule has 1 N–H and O–H groups in total. The number of amides is 1. The number of fused-ring (bicyclic) bond motifs is 2. The number of aromatic nitrogens is 2. The van der Waals surface area contributed by atoms with E-state index in [0.717, 1.165) is 118 Å². The van der Waals surface area contributed by atoms with E-state index in [4.69, 9.17) is 19.4 Å². The Bertz CT molecular complexity index is 1300. The maximum Gasteiger partial charge on any atom is 0.298 e. The van der Waals surface area contributed by atoms with Crippen molar-refractivity contribution in [2.24, 2.45) is 0 Å². The third-order valence-corrected chi connectivity index (χ3v) is 8.88. The van der Waals surface area contributed by atoms with Crippen LogP contribution in [0.2, 0.25) is 0 Å². The summed E-state index contributed by atoms with van der Waals surface area (Å²) in [5.74, 6) is 7.46. The molecule has 2 aromatic heterocycles. The van der Waals surface area contributed by atoms with Gasteiger partial charge in [0.2, 0.25) is 0 Å². The average molecular weight is 545 g/mol. The van der Waals surface area contributed by atoms with Crippen LogP contribution in [0.1, 0.15) is 68.5 Å². The standard InChI is InChI=1S/C31H40N6O3/c1-4-5-28(38)37-14-9-24(10-15-37)35-12-7-23(8-13-35)25-20-26-30(21(2)33-25)40-22(3)29-27(6-11-32-31(29)34-26)36-16-18-39-19-17-36/h6,11,20,22-24H,7-10,12-19H2,1-3H3,(H,32,34)/t22-/m1/s1. The number of carbonyl (C=O) groups excluding carboxylic acids is 1. The van der Waals surface area contributed by atoms with Gasteiger partial charge in [0, 0.05) is 55.7 Å². The molecule has 0 aromatic carbocycles. The highest BCUT2D eigenvalue weighted by Gasteiger charge is 2.32. The number of ether oxygens (including phenoxy) is 2. The summed E-state index contributed by atoms with van der Waals surface area (Å²) < 4.78 is 12.1. The topological polar surface area (TPSA) is 83.1 Å². The molecule has 4 aliphatic rings. The molecule has 9 nitrogen and oxygen atoms in total. The van der Waals surface area contributed by atoms with Gasteiger partial charge in [-0.1, -0.05) is 5.92 Å². The quantitative estimate of drug-likeness (QED) is 0.581. The minimum atomic E-state index is -0.152. The van der Waals surface area contributed by atoms with Crippen molar-refractivity contribution in [3.8, 4) is 17.6 Å². The number of carbonyl (C=O) groups is 1. The van der Waals surface area contributed by atoms with Gasteiger partial charge < -0.3 is 29.5 Å². The first-order chi connectivity index (χ1) is 19.5. The second-order valence-electron chi connectivity index (χ2n) is 11.3. The average Bonchev–Trinajstić information content (AvgIpc) is 3.14. The van der Waals surface area contributed by atoms with Gasteiger partial charge in [0.05, 0.1) is 30.2 Å². The number of rotatable bonds is 3. The van der Waals surface area contributed by atoms with Crippen molar-refractivity contribution in [2.75, 3.05) is 62.7 Å². The van der Waals surface area contributed by atoms with Gasteiger partial charge in [-0.3, -0.25) is 9.78 Å². The van der Waals surface area contributed by atoms with Gasteiger partial charge in [-0.25, -0.2) is 4.98 Å². The fourth-order valence-corrected chi connectivity index (χ4v) is 6.72. The first-order valence-corrected chi connectivity index (χ1v) is 14.7. The molecular formula is C31H40N6O3. The maximum absolute atomic E-state index is 12.1. The molecule has 0 spiro atoms. The summed E-state index contributed by atoms with van der Waals surface area (Å²) in [7, 11) is 0. The predicted molar refractivity (Wildman–Crippen MR) is 155 cm³/mol. The lowest BCUT2D eigenvalue weighted by atomic mass is 9.90. The zero-order valence-electron chi connectivity index (χ0n) is 23.9. The molecule has 0 radical (unpaired) electrons. The Hall–Kier alpha value is -3.35. The normalized spacial score (nSPS) is 22.2. The number of morpholine rings is 1. The summed E-state index contributed by atoms with van der Waals surface area (Å²) >= 11 is 0. The van der Waals surface area contributed by atoms with Crippen LogP contribution in [0.4, 0.5) is 17.2 Å². The lowest BCUT2D eigenvalue weighted by Gasteiger charge is -2.41. The number of piperidine rings is 2. The molecule has 40 heavy (non-hydrogen) atoms.